The van der Waals surface area contributed by atoms with Crippen LogP contribution < -0.4 is 0 Å². The second kappa shape index (κ2) is 5.07. The largest absolute Gasteiger partial charge is 0.339 e. The highest BCUT2D eigenvalue weighted by Gasteiger charge is 2.17. The maximum absolute atomic E-state index is 12.9. The minimum Gasteiger partial charge on any atom is -0.339 e. The van der Waals surface area contributed by atoms with E-state index in [2.05, 4.69) is 4.98 Å². The van der Waals surface area contributed by atoms with Crippen molar-refractivity contribution in [3.63, 3.8) is 0 Å². The fourth-order valence-corrected chi connectivity index (χ4v) is 1.44. The highest BCUT2D eigenvalue weighted by Crippen LogP contribution is 2.15. The molecule has 0 fully saturated rings. The van der Waals surface area contributed by atoms with Crippen molar-refractivity contribution in [2.45, 2.75) is 13.8 Å². The lowest BCUT2D eigenvalue weighted by Gasteiger charge is -2.18. The number of carbonyl (C=O) groups is 1. The number of rotatable bonds is 3. The monoisotopic (exact) mass is 230 g/mol. The maximum Gasteiger partial charge on any atom is 0.257 e. The third-order valence-corrected chi connectivity index (χ3v) is 2.39. The average molecular weight is 231 g/mol. The standard InChI is InChI=1S/C10H12ClFN2O/c1-3-14(4-2)10(15)8-5-7(12)6-13-9(8)11/h5-6H,3-4H2,1-2H3. The van der Waals surface area contributed by atoms with Gasteiger partial charge in [-0.25, -0.2) is 9.37 Å². The molecule has 3 nitrogen and oxygen atoms in total. The fourth-order valence-electron chi connectivity index (χ4n) is 1.25. The molecule has 0 unspecified atom stereocenters. The average Bonchev–Trinajstić information content (AvgIpc) is 2.23. The molecule has 15 heavy (non-hydrogen) atoms. The molecule has 0 N–H and O–H groups in total. The van der Waals surface area contributed by atoms with Crippen molar-refractivity contribution in [3.8, 4) is 0 Å². The van der Waals surface area contributed by atoms with Gasteiger partial charge in [-0.2, -0.15) is 0 Å². The van der Waals surface area contributed by atoms with E-state index in [4.69, 9.17) is 11.6 Å². The van der Waals surface area contributed by atoms with Gasteiger partial charge in [0.15, 0.2) is 0 Å². The van der Waals surface area contributed by atoms with E-state index in [9.17, 15) is 9.18 Å². The first-order valence-electron chi connectivity index (χ1n) is 4.70. The molecule has 1 aromatic rings. The maximum atomic E-state index is 12.9. The summed E-state index contributed by atoms with van der Waals surface area (Å²) in [5.74, 6) is -0.855. The van der Waals surface area contributed by atoms with Crippen LogP contribution in [0.15, 0.2) is 12.3 Å². The number of pyridine rings is 1. The lowest BCUT2D eigenvalue weighted by atomic mass is 10.2. The first-order chi connectivity index (χ1) is 7.10. The summed E-state index contributed by atoms with van der Waals surface area (Å²) in [6.07, 6.45) is 0.987. The second-order valence-corrected chi connectivity index (χ2v) is 3.33. The molecule has 1 rings (SSSR count). The van der Waals surface area contributed by atoms with Crippen molar-refractivity contribution in [3.05, 3.63) is 28.8 Å². The summed E-state index contributed by atoms with van der Waals surface area (Å²) in [6, 6.07) is 1.11. The summed E-state index contributed by atoms with van der Waals surface area (Å²) in [4.78, 5) is 17.0. The first-order valence-corrected chi connectivity index (χ1v) is 5.08. The Morgan fingerprint density at radius 3 is 2.67 bits per heavy atom. The molecule has 0 bridgehead atoms. The number of amides is 1. The van der Waals surface area contributed by atoms with Gasteiger partial charge < -0.3 is 4.90 Å². The highest BCUT2D eigenvalue weighted by atomic mass is 35.5. The summed E-state index contributed by atoms with van der Waals surface area (Å²) >= 11 is 5.72. The Labute approximate surface area is 92.9 Å². The zero-order valence-electron chi connectivity index (χ0n) is 8.63. The van der Waals surface area contributed by atoms with Crippen LogP contribution in [0.1, 0.15) is 24.2 Å². The number of aromatic nitrogens is 1. The molecule has 82 valence electrons. The van der Waals surface area contributed by atoms with Crippen LogP contribution in [0.2, 0.25) is 5.15 Å². The Balaban J connectivity index is 3.04. The minimum absolute atomic E-state index is 0.0355. The van der Waals surface area contributed by atoms with Gasteiger partial charge in [-0.05, 0) is 19.9 Å². The Hall–Kier alpha value is -1.16. The molecule has 0 aliphatic rings. The lowest BCUT2D eigenvalue weighted by Crippen LogP contribution is -2.30. The molecule has 0 aliphatic heterocycles. The Bertz CT molecular complexity index is 366. The van der Waals surface area contributed by atoms with Gasteiger partial charge in [-0.1, -0.05) is 11.6 Å². The van der Waals surface area contributed by atoms with E-state index in [1.165, 1.54) is 0 Å². The topological polar surface area (TPSA) is 33.2 Å². The fraction of sp³-hybridized carbons (Fsp3) is 0.400. The van der Waals surface area contributed by atoms with Crippen molar-refractivity contribution >= 4 is 17.5 Å². The van der Waals surface area contributed by atoms with Crippen LogP contribution in [0.3, 0.4) is 0 Å². The summed E-state index contributed by atoms with van der Waals surface area (Å²) in [5.41, 5.74) is 0.111. The van der Waals surface area contributed by atoms with Crippen molar-refractivity contribution < 1.29 is 9.18 Å². The number of hydrogen-bond donors (Lipinski definition) is 0. The van der Waals surface area contributed by atoms with Crippen molar-refractivity contribution in [1.29, 1.82) is 0 Å². The van der Waals surface area contributed by atoms with Gasteiger partial charge in [-0.15, -0.1) is 0 Å². The van der Waals surface area contributed by atoms with Crippen LogP contribution in [0.25, 0.3) is 0 Å². The van der Waals surface area contributed by atoms with Gasteiger partial charge in [-0.3, -0.25) is 4.79 Å². The second-order valence-electron chi connectivity index (χ2n) is 2.97. The van der Waals surface area contributed by atoms with Crippen molar-refractivity contribution in [2.75, 3.05) is 13.1 Å². The number of nitrogens with zero attached hydrogens (tertiary/aromatic N) is 2. The van der Waals surface area contributed by atoms with Gasteiger partial charge in [0, 0.05) is 13.1 Å². The normalized spacial score (nSPS) is 10.1. The molecular weight excluding hydrogens is 219 g/mol. The third-order valence-electron chi connectivity index (χ3n) is 2.09. The predicted octanol–water partition coefficient (Wildman–Crippen LogP) is 2.36. The first kappa shape index (κ1) is 11.9. The summed E-state index contributed by atoms with van der Waals surface area (Å²) in [7, 11) is 0. The zero-order valence-corrected chi connectivity index (χ0v) is 9.38. The van der Waals surface area contributed by atoms with Crippen LogP contribution >= 0.6 is 11.6 Å². The Morgan fingerprint density at radius 2 is 2.13 bits per heavy atom. The van der Waals surface area contributed by atoms with Crippen LogP contribution in [-0.2, 0) is 0 Å². The molecule has 0 saturated carbocycles. The van der Waals surface area contributed by atoms with Crippen LogP contribution in [0.4, 0.5) is 4.39 Å². The van der Waals surface area contributed by atoms with Crippen LogP contribution in [0, 0.1) is 5.82 Å². The number of carbonyl (C=O) groups excluding carboxylic acids is 1. The van der Waals surface area contributed by atoms with E-state index in [-0.39, 0.29) is 16.6 Å². The van der Waals surface area contributed by atoms with E-state index >= 15 is 0 Å². The van der Waals surface area contributed by atoms with E-state index in [1.54, 1.807) is 4.90 Å². The minimum atomic E-state index is -0.560. The van der Waals surface area contributed by atoms with Gasteiger partial charge in [0.2, 0.25) is 0 Å². The molecule has 0 atom stereocenters. The van der Waals surface area contributed by atoms with Gasteiger partial charge in [0.05, 0.1) is 11.8 Å². The van der Waals surface area contributed by atoms with Gasteiger partial charge in [0.25, 0.3) is 5.91 Å². The highest BCUT2D eigenvalue weighted by molar-refractivity contribution is 6.32. The van der Waals surface area contributed by atoms with Crippen LogP contribution in [0.5, 0.6) is 0 Å². The van der Waals surface area contributed by atoms with E-state index in [1.807, 2.05) is 13.8 Å². The Kier molecular flexibility index (Phi) is 4.03. The molecule has 0 aliphatic carbocycles. The molecule has 0 aromatic carbocycles. The number of hydrogen-bond acceptors (Lipinski definition) is 2. The predicted molar refractivity (Wildman–Crippen MR) is 56.5 cm³/mol. The summed E-state index contributed by atoms with van der Waals surface area (Å²) in [6.45, 7) is 4.81. The van der Waals surface area contributed by atoms with E-state index in [0.29, 0.717) is 13.1 Å². The molecular formula is C10H12ClFN2O. The molecule has 0 spiro atoms. The molecule has 0 radical (unpaired) electrons. The quantitative estimate of drug-likeness (QED) is 0.747. The smallest absolute Gasteiger partial charge is 0.257 e. The van der Waals surface area contributed by atoms with Crippen LogP contribution in [-0.4, -0.2) is 28.9 Å². The van der Waals surface area contributed by atoms with E-state index in [0.717, 1.165) is 12.3 Å². The molecule has 1 heterocycles. The number of halogens is 2. The molecule has 0 saturated heterocycles. The SMILES string of the molecule is CCN(CC)C(=O)c1cc(F)cnc1Cl. The Morgan fingerprint density at radius 1 is 1.53 bits per heavy atom. The van der Waals surface area contributed by atoms with Gasteiger partial charge in [0.1, 0.15) is 11.0 Å². The van der Waals surface area contributed by atoms with Crippen molar-refractivity contribution in [2.24, 2.45) is 0 Å². The summed E-state index contributed by atoms with van der Waals surface area (Å²) < 4.78 is 12.9. The lowest BCUT2D eigenvalue weighted by molar-refractivity contribution is 0.0772. The van der Waals surface area contributed by atoms with E-state index < -0.39 is 5.82 Å². The zero-order chi connectivity index (χ0) is 11.4. The molecule has 1 aromatic heterocycles. The van der Waals surface area contributed by atoms with Gasteiger partial charge >= 0.3 is 0 Å². The molecule has 1 amide bonds. The third kappa shape index (κ3) is 2.65. The molecule has 5 heteroatoms. The van der Waals surface area contributed by atoms with Crippen molar-refractivity contribution in [1.82, 2.24) is 9.88 Å². The summed E-state index contributed by atoms with van der Waals surface area (Å²) in [5, 5.41) is 0.0355.